The largest absolute Gasteiger partial charge is 0.398 e. The first-order valence-corrected chi connectivity index (χ1v) is 5.18. The van der Waals surface area contributed by atoms with Crippen LogP contribution in [-0.2, 0) is 6.42 Å². The van der Waals surface area contributed by atoms with E-state index in [1.54, 1.807) is 0 Å². The van der Waals surface area contributed by atoms with Gasteiger partial charge in [0.05, 0.1) is 0 Å². The number of aliphatic hydroxyl groups is 1. The van der Waals surface area contributed by atoms with Crippen LogP contribution in [0.1, 0.15) is 18.4 Å². The minimum Gasteiger partial charge on any atom is -0.398 e. The van der Waals surface area contributed by atoms with Gasteiger partial charge in [-0.25, -0.2) is 0 Å². The molecule has 0 saturated carbocycles. The van der Waals surface area contributed by atoms with Gasteiger partial charge >= 0.3 is 0 Å². The summed E-state index contributed by atoms with van der Waals surface area (Å²) in [4.78, 5) is 0. The van der Waals surface area contributed by atoms with Crippen molar-refractivity contribution in [1.82, 2.24) is 0 Å². The minimum atomic E-state index is 0.260. The Labute approximate surface area is 86.9 Å². The first-order valence-electron chi connectivity index (χ1n) is 4.39. The number of nitrogens with two attached hydrogens (primary N) is 1. The molecule has 3 heteroatoms. The fourth-order valence-electron chi connectivity index (χ4n) is 1.22. The molecule has 2 nitrogen and oxygen atoms in total. The molecule has 72 valence electrons. The number of unbranched alkanes of at least 4 members (excludes halogenated alkanes) is 1. The molecular weight excluding hydrogens is 230 g/mol. The van der Waals surface area contributed by atoms with Gasteiger partial charge in [0.25, 0.3) is 0 Å². The van der Waals surface area contributed by atoms with E-state index in [-0.39, 0.29) is 6.61 Å². The van der Waals surface area contributed by atoms with Crippen molar-refractivity contribution in [3.63, 3.8) is 0 Å². The zero-order valence-electron chi connectivity index (χ0n) is 7.46. The molecule has 1 rings (SSSR count). The lowest BCUT2D eigenvalue weighted by Crippen LogP contribution is -1.95. The van der Waals surface area contributed by atoms with E-state index in [0.29, 0.717) is 0 Å². The third-order valence-electron chi connectivity index (χ3n) is 1.96. The third kappa shape index (κ3) is 3.36. The van der Waals surface area contributed by atoms with Gasteiger partial charge in [0, 0.05) is 16.8 Å². The first-order chi connectivity index (χ1) is 6.24. The molecule has 0 spiro atoms. The molecule has 0 amide bonds. The monoisotopic (exact) mass is 243 g/mol. The summed E-state index contributed by atoms with van der Waals surface area (Å²) in [6.45, 7) is 0.260. The van der Waals surface area contributed by atoms with Crippen molar-refractivity contribution in [3.8, 4) is 0 Å². The highest BCUT2D eigenvalue weighted by Gasteiger charge is 1.99. The first kappa shape index (κ1) is 10.5. The fourth-order valence-corrected chi connectivity index (χ4v) is 1.60. The van der Waals surface area contributed by atoms with E-state index in [9.17, 15) is 0 Å². The number of hydrogen-bond acceptors (Lipinski definition) is 2. The Balaban J connectivity index is 2.56. The lowest BCUT2D eigenvalue weighted by Gasteiger charge is -2.04. The molecule has 0 aromatic heterocycles. The summed E-state index contributed by atoms with van der Waals surface area (Å²) >= 11 is 3.36. The van der Waals surface area contributed by atoms with Crippen molar-refractivity contribution in [2.45, 2.75) is 19.3 Å². The molecule has 0 fully saturated rings. The van der Waals surface area contributed by atoms with Gasteiger partial charge in [-0.3, -0.25) is 0 Å². The van der Waals surface area contributed by atoms with Crippen LogP contribution in [-0.4, -0.2) is 11.7 Å². The Kier molecular flexibility index (Phi) is 4.25. The molecule has 0 saturated heterocycles. The van der Waals surface area contributed by atoms with Crippen LogP contribution >= 0.6 is 15.9 Å². The minimum absolute atomic E-state index is 0.260. The molecule has 0 radical (unpaired) electrons. The fraction of sp³-hybridized carbons (Fsp3) is 0.400. The maximum Gasteiger partial charge on any atom is 0.0431 e. The molecular formula is C10H14BrNO. The van der Waals surface area contributed by atoms with Crippen LogP contribution in [0.15, 0.2) is 22.7 Å². The van der Waals surface area contributed by atoms with Gasteiger partial charge < -0.3 is 10.8 Å². The van der Waals surface area contributed by atoms with E-state index in [1.807, 2.05) is 18.2 Å². The normalized spacial score (nSPS) is 10.3. The standard InChI is InChI=1S/C10H14BrNO/c11-9-5-4-8(10(12)7-9)3-1-2-6-13/h4-5,7,13H,1-3,6,12H2. The summed E-state index contributed by atoms with van der Waals surface area (Å²) in [7, 11) is 0. The van der Waals surface area contributed by atoms with Crippen molar-refractivity contribution in [2.75, 3.05) is 12.3 Å². The van der Waals surface area contributed by atoms with E-state index in [4.69, 9.17) is 10.8 Å². The maximum atomic E-state index is 8.62. The summed E-state index contributed by atoms with van der Waals surface area (Å²) in [6, 6.07) is 5.93. The number of benzene rings is 1. The molecule has 0 unspecified atom stereocenters. The smallest absolute Gasteiger partial charge is 0.0431 e. The second-order valence-corrected chi connectivity index (χ2v) is 3.94. The predicted molar refractivity (Wildman–Crippen MR) is 58.6 cm³/mol. The summed E-state index contributed by atoms with van der Waals surface area (Å²) in [5, 5.41) is 8.62. The molecule has 0 heterocycles. The third-order valence-corrected chi connectivity index (χ3v) is 2.46. The lowest BCUT2D eigenvalue weighted by molar-refractivity contribution is 0.284. The molecule has 0 atom stereocenters. The number of rotatable bonds is 4. The van der Waals surface area contributed by atoms with Gasteiger partial charge in [-0.2, -0.15) is 0 Å². The highest BCUT2D eigenvalue weighted by molar-refractivity contribution is 9.10. The maximum absolute atomic E-state index is 8.62. The SMILES string of the molecule is Nc1cc(Br)ccc1CCCCO. The number of aliphatic hydroxyl groups excluding tert-OH is 1. The molecule has 0 aliphatic heterocycles. The van der Waals surface area contributed by atoms with Gasteiger partial charge in [0.15, 0.2) is 0 Å². The Hall–Kier alpha value is -0.540. The zero-order valence-corrected chi connectivity index (χ0v) is 9.05. The lowest BCUT2D eigenvalue weighted by atomic mass is 10.1. The second-order valence-electron chi connectivity index (χ2n) is 3.02. The topological polar surface area (TPSA) is 46.2 Å². The van der Waals surface area contributed by atoms with Crippen molar-refractivity contribution in [1.29, 1.82) is 0 Å². The predicted octanol–water partition coefficient (Wildman–Crippen LogP) is 2.35. The molecule has 13 heavy (non-hydrogen) atoms. The van der Waals surface area contributed by atoms with Gasteiger partial charge in [-0.05, 0) is 37.0 Å². The van der Waals surface area contributed by atoms with Crippen LogP contribution in [0.4, 0.5) is 5.69 Å². The molecule has 0 bridgehead atoms. The molecule has 0 aliphatic carbocycles. The summed E-state index contributed by atoms with van der Waals surface area (Å²) in [5.74, 6) is 0. The molecule has 1 aromatic carbocycles. The number of aryl methyl sites for hydroxylation is 1. The van der Waals surface area contributed by atoms with Crippen LogP contribution < -0.4 is 5.73 Å². The highest BCUT2D eigenvalue weighted by Crippen LogP contribution is 2.19. The molecule has 3 N–H and O–H groups in total. The summed E-state index contributed by atoms with van der Waals surface area (Å²) in [6.07, 6.45) is 2.78. The summed E-state index contributed by atoms with van der Waals surface area (Å²) < 4.78 is 1.01. The quantitative estimate of drug-likeness (QED) is 0.630. The Morgan fingerprint density at radius 3 is 2.69 bits per heavy atom. The average Bonchev–Trinajstić information content (AvgIpc) is 2.09. The van der Waals surface area contributed by atoms with Crippen LogP contribution in [0.5, 0.6) is 0 Å². The van der Waals surface area contributed by atoms with E-state index in [0.717, 1.165) is 35.0 Å². The van der Waals surface area contributed by atoms with E-state index >= 15 is 0 Å². The van der Waals surface area contributed by atoms with Gasteiger partial charge in [0.1, 0.15) is 0 Å². The van der Waals surface area contributed by atoms with Crippen LogP contribution in [0.2, 0.25) is 0 Å². The number of anilines is 1. The Morgan fingerprint density at radius 2 is 2.08 bits per heavy atom. The van der Waals surface area contributed by atoms with Crippen molar-refractivity contribution in [3.05, 3.63) is 28.2 Å². The average molecular weight is 244 g/mol. The second kappa shape index (κ2) is 5.25. The molecule has 1 aromatic rings. The zero-order chi connectivity index (χ0) is 9.68. The van der Waals surface area contributed by atoms with E-state index in [1.165, 1.54) is 0 Å². The molecule has 0 aliphatic rings. The van der Waals surface area contributed by atoms with E-state index in [2.05, 4.69) is 15.9 Å². The Bertz CT molecular complexity index is 276. The van der Waals surface area contributed by atoms with Crippen molar-refractivity contribution >= 4 is 21.6 Å². The van der Waals surface area contributed by atoms with Crippen LogP contribution in [0.3, 0.4) is 0 Å². The number of nitrogen functional groups attached to an aromatic ring is 1. The van der Waals surface area contributed by atoms with Gasteiger partial charge in [-0.15, -0.1) is 0 Å². The van der Waals surface area contributed by atoms with E-state index < -0.39 is 0 Å². The van der Waals surface area contributed by atoms with Crippen LogP contribution in [0.25, 0.3) is 0 Å². The number of hydrogen-bond donors (Lipinski definition) is 2. The van der Waals surface area contributed by atoms with Crippen molar-refractivity contribution < 1.29 is 5.11 Å². The van der Waals surface area contributed by atoms with Gasteiger partial charge in [-0.1, -0.05) is 22.0 Å². The van der Waals surface area contributed by atoms with Crippen LogP contribution in [0, 0.1) is 0 Å². The van der Waals surface area contributed by atoms with Gasteiger partial charge in [0.2, 0.25) is 0 Å². The highest BCUT2D eigenvalue weighted by atomic mass is 79.9. The van der Waals surface area contributed by atoms with Crippen molar-refractivity contribution in [2.24, 2.45) is 0 Å². The Morgan fingerprint density at radius 1 is 1.31 bits per heavy atom. The number of halogens is 1. The summed E-state index contributed by atoms with van der Waals surface area (Å²) in [5.41, 5.74) is 7.80.